The Hall–Kier alpha value is -3.86. The first-order valence-electron chi connectivity index (χ1n) is 10.3. The Balaban J connectivity index is 1.66. The summed E-state index contributed by atoms with van der Waals surface area (Å²) in [5.74, 6) is -1.28. The van der Waals surface area contributed by atoms with E-state index in [1.54, 1.807) is 55.6 Å². The Labute approximate surface area is 186 Å². The summed E-state index contributed by atoms with van der Waals surface area (Å²) in [7, 11) is 1.54. The van der Waals surface area contributed by atoms with Crippen molar-refractivity contribution in [1.29, 1.82) is 5.26 Å². The van der Waals surface area contributed by atoms with Gasteiger partial charge in [0.15, 0.2) is 6.10 Å². The fourth-order valence-electron chi connectivity index (χ4n) is 3.57. The summed E-state index contributed by atoms with van der Waals surface area (Å²) in [5, 5.41) is 8.93. The zero-order valence-electron chi connectivity index (χ0n) is 18.1. The van der Waals surface area contributed by atoms with Crippen molar-refractivity contribution in [3.05, 3.63) is 54.6 Å². The molecule has 2 aromatic rings. The lowest BCUT2D eigenvalue weighted by Gasteiger charge is -2.25. The minimum Gasteiger partial charge on any atom is -0.497 e. The second-order valence-electron chi connectivity index (χ2n) is 7.42. The standard InChI is InChI=1S/C24H25N3O5/c1-17(23(29)26(13-7-12-25)19-8-4-3-5-9-19)32-24(30)18-14-22(28)27(16-18)20-10-6-11-21(15-20)31-2/h3-6,8-11,15,17-18H,7,13-14,16H2,1-2H3. The Morgan fingerprint density at radius 2 is 1.97 bits per heavy atom. The Bertz CT molecular complexity index is 1020. The minimum absolute atomic E-state index is 0.00772. The van der Waals surface area contributed by atoms with E-state index in [1.807, 2.05) is 12.1 Å². The van der Waals surface area contributed by atoms with Crippen LogP contribution in [0.4, 0.5) is 11.4 Å². The lowest BCUT2D eigenvalue weighted by Crippen LogP contribution is -2.41. The Morgan fingerprint density at radius 3 is 2.66 bits per heavy atom. The number of nitrogens with zero attached hydrogens (tertiary/aromatic N) is 3. The summed E-state index contributed by atoms with van der Waals surface area (Å²) >= 11 is 0. The van der Waals surface area contributed by atoms with Gasteiger partial charge in [0.05, 0.1) is 25.5 Å². The first kappa shape index (κ1) is 22.8. The molecular weight excluding hydrogens is 410 g/mol. The smallest absolute Gasteiger partial charge is 0.312 e. The third-order valence-electron chi connectivity index (χ3n) is 5.25. The van der Waals surface area contributed by atoms with E-state index in [1.165, 1.54) is 16.7 Å². The van der Waals surface area contributed by atoms with Gasteiger partial charge in [-0.05, 0) is 31.2 Å². The average Bonchev–Trinajstić information content (AvgIpc) is 3.21. The maximum atomic E-state index is 13.0. The molecule has 1 saturated heterocycles. The van der Waals surface area contributed by atoms with Crippen molar-refractivity contribution in [2.24, 2.45) is 5.92 Å². The Morgan fingerprint density at radius 1 is 1.22 bits per heavy atom. The van der Waals surface area contributed by atoms with E-state index in [0.717, 1.165) is 0 Å². The van der Waals surface area contributed by atoms with Crippen molar-refractivity contribution >= 4 is 29.2 Å². The quantitative estimate of drug-likeness (QED) is 0.591. The molecule has 0 bridgehead atoms. The topological polar surface area (TPSA) is 99.9 Å². The molecule has 0 radical (unpaired) electrons. The number of carbonyl (C=O) groups is 3. The SMILES string of the molecule is COc1cccc(N2CC(C(=O)OC(C)C(=O)N(CCC#N)c3ccccc3)CC2=O)c1. The predicted octanol–water partition coefficient (Wildman–Crippen LogP) is 2.93. The molecule has 32 heavy (non-hydrogen) atoms. The summed E-state index contributed by atoms with van der Waals surface area (Å²) in [6.45, 7) is 1.86. The van der Waals surface area contributed by atoms with Crippen LogP contribution in [0.5, 0.6) is 5.75 Å². The van der Waals surface area contributed by atoms with Gasteiger partial charge in [0, 0.05) is 37.0 Å². The van der Waals surface area contributed by atoms with Crippen LogP contribution in [0.15, 0.2) is 54.6 Å². The molecule has 3 rings (SSSR count). The number of hydrogen-bond donors (Lipinski definition) is 0. The van der Waals surface area contributed by atoms with Gasteiger partial charge >= 0.3 is 5.97 Å². The molecule has 0 spiro atoms. The number of nitriles is 1. The summed E-state index contributed by atoms with van der Waals surface area (Å²) in [4.78, 5) is 41.1. The molecule has 1 aliphatic heterocycles. The summed E-state index contributed by atoms with van der Waals surface area (Å²) in [6, 6.07) is 18.0. The van der Waals surface area contributed by atoms with Gasteiger partial charge in [0.1, 0.15) is 5.75 Å². The summed E-state index contributed by atoms with van der Waals surface area (Å²) in [5.41, 5.74) is 1.26. The van der Waals surface area contributed by atoms with E-state index in [9.17, 15) is 14.4 Å². The number of methoxy groups -OCH3 is 1. The van der Waals surface area contributed by atoms with Gasteiger partial charge in [0.25, 0.3) is 5.91 Å². The molecule has 1 aliphatic rings. The monoisotopic (exact) mass is 435 g/mol. The van der Waals surface area contributed by atoms with Gasteiger partial charge in [-0.25, -0.2) is 0 Å². The lowest BCUT2D eigenvalue weighted by molar-refractivity contribution is -0.157. The van der Waals surface area contributed by atoms with Crippen molar-refractivity contribution in [3.63, 3.8) is 0 Å². The second kappa shape index (κ2) is 10.4. The predicted molar refractivity (Wildman–Crippen MR) is 118 cm³/mol. The van der Waals surface area contributed by atoms with Gasteiger partial charge in [-0.15, -0.1) is 0 Å². The van der Waals surface area contributed by atoms with Crippen LogP contribution in [-0.4, -0.2) is 44.1 Å². The highest BCUT2D eigenvalue weighted by atomic mass is 16.5. The fourth-order valence-corrected chi connectivity index (χ4v) is 3.57. The highest BCUT2D eigenvalue weighted by Crippen LogP contribution is 2.29. The number of rotatable bonds is 8. The molecule has 0 saturated carbocycles. The molecular formula is C24H25N3O5. The maximum Gasteiger partial charge on any atom is 0.312 e. The number of hydrogen-bond acceptors (Lipinski definition) is 6. The number of carbonyl (C=O) groups excluding carboxylic acids is 3. The number of ether oxygens (including phenoxy) is 2. The molecule has 0 aliphatic carbocycles. The number of anilines is 2. The summed E-state index contributed by atoms with van der Waals surface area (Å²) < 4.78 is 10.6. The molecule has 8 nitrogen and oxygen atoms in total. The zero-order valence-corrected chi connectivity index (χ0v) is 18.1. The van der Waals surface area contributed by atoms with Crippen LogP contribution >= 0.6 is 0 Å². The van der Waals surface area contributed by atoms with Crippen LogP contribution < -0.4 is 14.5 Å². The van der Waals surface area contributed by atoms with E-state index >= 15 is 0 Å². The number of amides is 2. The molecule has 0 aromatic heterocycles. The number of benzene rings is 2. The summed E-state index contributed by atoms with van der Waals surface area (Å²) in [6.07, 6.45) is -0.899. The molecule has 2 amide bonds. The van der Waals surface area contributed by atoms with Crippen LogP contribution in [0, 0.1) is 17.2 Å². The minimum atomic E-state index is -1.05. The molecule has 166 valence electrons. The first-order valence-corrected chi connectivity index (χ1v) is 10.3. The third kappa shape index (κ3) is 5.24. The van der Waals surface area contributed by atoms with E-state index in [-0.39, 0.29) is 31.8 Å². The molecule has 2 atom stereocenters. The van der Waals surface area contributed by atoms with Crippen LogP contribution in [-0.2, 0) is 19.1 Å². The highest BCUT2D eigenvalue weighted by Gasteiger charge is 2.38. The third-order valence-corrected chi connectivity index (χ3v) is 5.25. The number of esters is 1. The normalized spacial score (nSPS) is 16.2. The van der Waals surface area contributed by atoms with E-state index in [0.29, 0.717) is 17.1 Å². The van der Waals surface area contributed by atoms with Gasteiger partial charge in [-0.1, -0.05) is 24.3 Å². The van der Waals surface area contributed by atoms with Crippen LogP contribution in [0.3, 0.4) is 0 Å². The molecule has 1 heterocycles. The molecule has 2 unspecified atom stereocenters. The van der Waals surface area contributed by atoms with Crippen molar-refractivity contribution in [1.82, 2.24) is 0 Å². The van der Waals surface area contributed by atoms with Crippen LogP contribution in [0.25, 0.3) is 0 Å². The molecule has 2 aromatic carbocycles. The second-order valence-corrected chi connectivity index (χ2v) is 7.42. The van der Waals surface area contributed by atoms with Crippen LogP contribution in [0.2, 0.25) is 0 Å². The van der Waals surface area contributed by atoms with Gasteiger partial charge < -0.3 is 19.3 Å². The Kier molecular flexibility index (Phi) is 7.45. The van der Waals surface area contributed by atoms with Crippen LogP contribution in [0.1, 0.15) is 19.8 Å². The maximum absolute atomic E-state index is 13.0. The largest absolute Gasteiger partial charge is 0.497 e. The van der Waals surface area contributed by atoms with E-state index in [4.69, 9.17) is 14.7 Å². The zero-order chi connectivity index (χ0) is 23.1. The van der Waals surface area contributed by atoms with Gasteiger partial charge in [0.2, 0.25) is 5.91 Å². The van der Waals surface area contributed by atoms with E-state index in [2.05, 4.69) is 0 Å². The van der Waals surface area contributed by atoms with Crippen molar-refractivity contribution < 1.29 is 23.9 Å². The lowest BCUT2D eigenvalue weighted by atomic mass is 10.1. The number of para-hydroxylation sites is 1. The van der Waals surface area contributed by atoms with Crippen molar-refractivity contribution in [2.45, 2.75) is 25.9 Å². The molecule has 1 fully saturated rings. The average molecular weight is 435 g/mol. The molecule has 0 N–H and O–H groups in total. The van der Waals surface area contributed by atoms with E-state index < -0.39 is 23.9 Å². The van der Waals surface area contributed by atoms with Crippen molar-refractivity contribution in [2.75, 3.05) is 30.0 Å². The van der Waals surface area contributed by atoms with Gasteiger partial charge in [-0.3, -0.25) is 14.4 Å². The fraction of sp³-hybridized carbons (Fsp3) is 0.333. The van der Waals surface area contributed by atoms with Crippen molar-refractivity contribution in [3.8, 4) is 11.8 Å². The van der Waals surface area contributed by atoms with Gasteiger partial charge in [-0.2, -0.15) is 5.26 Å². The molecule has 8 heteroatoms. The first-order chi connectivity index (χ1) is 15.4. The highest BCUT2D eigenvalue weighted by molar-refractivity contribution is 6.01.